The molecular formula is C16H30N5+. The van der Waals surface area contributed by atoms with Crippen molar-refractivity contribution in [2.24, 2.45) is 0 Å². The fraction of sp³-hybridized carbons (Fsp3) is 0.625. The zero-order chi connectivity index (χ0) is 15.1. The normalized spacial score (nSPS) is 17.6. The van der Waals surface area contributed by atoms with Crippen molar-refractivity contribution in [3.8, 4) is 0 Å². The Kier molecular flexibility index (Phi) is 5.70. The number of nitrogens with zero attached hydrogens (tertiary/aromatic N) is 1. The summed E-state index contributed by atoms with van der Waals surface area (Å²) in [5.74, 6) is 0. The van der Waals surface area contributed by atoms with E-state index in [1.165, 1.54) is 43.4 Å². The smallest absolute Gasteiger partial charge is 0.0911 e. The van der Waals surface area contributed by atoms with Crippen LogP contribution in [0, 0.1) is 0 Å². The van der Waals surface area contributed by atoms with Gasteiger partial charge in [0.1, 0.15) is 0 Å². The van der Waals surface area contributed by atoms with Crippen LogP contribution < -0.4 is 22.1 Å². The number of benzene rings is 1. The van der Waals surface area contributed by atoms with Gasteiger partial charge in [-0.05, 0) is 37.5 Å². The molecule has 118 valence electrons. The van der Waals surface area contributed by atoms with Gasteiger partial charge >= 0.3 is 0 Å². The largest absolute Gasteiger partial charge is 0.399 e. The van der Waals surface area contributed by atoms with Crippen molar-refractivity contribution in [2.75, 3.05) is 63.1 Å². The second-order valence-corrected chi connectivity index (χ2v) is 6.37. The topological polar surface area (TPSA) is 76.1 Å². The molecule has 5 heteroatoms. The summed E-state index contributed by atoms with van der Waals surface area (Å²) in [6.07, 6.45) is 4.17. The van der Waals surface area contributed by atoms with Gasteiger partial charge in [0.2, 0.25) is 0 Å². The lowest BCUT2D eigenvalue weighted by atomic mass is 10.1. The maximum absolute atomic E-state index is 5.90. The summed E-state index contributed by atoms with van der Waals surface area (Å²) in [5, 5.41) is 6.84. The van der Waals surface area contributed by atoms with Gasteiger partial charge in [-0.3, -0.25) is 0 Å². The second kappa shape index (κ2) is 7.52. The van der Waals surface area contributed by atoms with E-state index in [0.717, 1.165) is 36.7 Å². The van der Waals surface area contributed by atoms with E-state index in [1.54, 1.807) is 0 Å². The van der Waals surface area contributed by atoms with Crippen LogP contribution in [0.25, 0.3) is 0 Å². The third-order valence-electron chi connectivity index (χ3n) is 4.42. The first kappa shape index (κ1) is 15.9. The number of quaternary nitrogens is 1. The standard InChI is InChI=1S/C16H30N5/c1-21(10-3-2-4-11-21)12-9-19-7-8-20-16-13-14(17)5-6-15(16)18/h5-6,13,19-20H,2-4,7-12,17-18H2,1H3/q+1. The zero-order valence-corrected chi connectivity index (χ0v) is 13.2. The molecule has 0 radical (unpaired) electrons. The third-order valence-corrected chi connectivity index (χ3v) is 4.42. The lowest BCUT2D eigenvalue weighted by Crippen LogP contribution is -2.51. The summed E-state index contributed by atoms with van der Waals surface area (Å²) >= 11 is 0. The van der Waals surface area contributed by atoms with Gasteiger partial charge in [0.25, 0.3) is 0 Å². The van der Waals surface area contributed by atoms with Crippen LogP contribution in [-0.4, -0.2) is 50.8 Å². The summed E-state index contributed by atoms with van der Waals surface area (Å²) in [6.45, 7) is 6.76. The van der Waals surface area contributed by atoms with Crippen LogP contribution in [0.2, 0.25) is 0 Å². The fourth-order valence-corrected chi connectivity index (χ4v) is 2.99. The SMILES string of the molecule is C[N+]1(CCNCCNc2cc(N)ccc2N)CCCCC1. The molecule has 2 rings (SSSR count). The molecule has 0 aromatic heterocycles. The first-order valence-corrected chi connectivity index (χ1v) is 8.02. The highest BCUT2D eigenvalue weighted by Crippen LogP contribution is 2.20. The van der Waals surface area contributed by atoms with Crippen molar-refractivity contribution in [2.45, 2.75) is 19.3 Å². The van der Waals surface area contributed by atoms with Crippen LogP contribution in [-0.2, 0) is 0 Å². The number of likely N-dealkylation sites (N-methyl/N-ethyl adjacent to an activating group) is 1. The number of hydrogen-bond donors (Lipinski definition) is 4. The minimum Gasteiger partial charge on any atom is -0.399 e. The highest BCUT2D eigenvalue weighted by atomic mass is 15.3. The molecule has 0 spiro atoms. The molecule has 1 aromatic carbocycles. The number of hydrogen-bond acceptors (Lipinski definition) is 4. The van der Waals surface area contributed by atoms with E-state index in [2.05, 4.69) is 17.7 Å². The highest BCUT2D eigenvalue weighted by Gasteiger charge is 2.23. The summed E-state index contributed by atoms with van der Waals surface area (Å²) in [5.41, 5.74) is 14.1. The number of likely N-dealkylation sites (tertiary alicyclic amines) is 1. The molecule has 1 saturated heterocycles. The molecule has 0 bridgehead atoms. The van der Waals surface area contributed by atoms with Crippen LogP contribution in [0.4, 0.5) is 17.1 Å². The number of nitrogens with one attached hydrogen (secondary N) is 2. The van der Waals surface area contributed by atoms with E-state index in [9.17, 15) is 0 Å². The van der Waals surface area contributed by atoms with E-state index >= 15 is 0 Å². The molecule has 1 aliphatic rings. The van der Waals surface area contributed by atoms with Gasteiger partial charge in [0.15, 0.2) is 0 Å². The number of anilines is 3. The lowest BCUT2D eigenvalue weighted by molar-refractivity contribution is -0.912. The Hall–Kier alpha value is -1.46. The molecule has 0 aliphatic carbocycles. The minimum absolute atomic E-state index is 0.738. The Bertz CT molecular complexity index is 440. The third kappa shape index (κ3) is 5.10. The Morgan fingerprint density at radius 3 is 2.57 bits per heavy atom. The molecule has 1 fully saturated rings. The van der Waals surface area contributed by atoms with Crippen LogP contribution in [0.5, 0.6) is 0 Å². The molecule has 0 atom stereocenters. The quantitative estimate of drug-likeness (QED) is 0.349. The molecule has 21 heavy (non-hydrogen) atoms. The summed E-state index contributed by atoms with van der Waals surface area (Å²) in [4.78, 5) is 0. The molecule has 0 saturated carbocycles. The van der Waals surface area contributed by atoms with E-state index in [-0.39, 0.29) is 0 Å². The van der Waals surface area contributed by atoms with Gasteiger partial charge in [-0.25, -0.2) is 0 Å². The number of nitrogens with two attached hydrogens (primary N) is 2. The van der Waals surface area contributed by atoms with E-state index in [1.807, 2.05) is 18.2 Å². The van der Waals surface area contributed by atoms with Gasteiger partial charge in [-0.1, -0.05) is 0 Å². The average molecular weight is 292 g/mol. The maximum atomic E-state index is 5.90. The Balaban J connectivity index is 1.60. The predicted molar refractivity (Wildman–Crippen MR) is 91.3 cm³/mol. The van der Waals surface area contributed by atoms with Gasteiger partial charge in [-0.15, -0.1) is 0 Å². The van der Waals surface area contributed by atoms with E-state index in [0.29, 0.717) is 0 Å². The molecule has 0 amide bonds. The van der Waals surface area contributed by atoms with Gasteiger partial charge in [-0.2, -0.15) is 0 Å². The first-order chi connectivity index (χ1) is 10.1. The Morgan fingerprint density at radius 2 is 1.81 bits per heavy atom. The number of rotatable bonds is 7. The average Bonchev–Trinajstić information content (AvgIpc) is 2.47. The highest BCUT2D eigenvalue weighted by molar-refractivity contribution is 5.70. The number of piperidine rings is 1. The van der Waals surface area contributed by atoms with Crippen molar-refractivity contribution in [3.05, 3.63) is 18.2 Å². The number of nitrogen functional groups attached to an aromatic ring is 2. The first-order valence-electron chi connectivity index (χ1n) is 8.02. The predicted octanol–water partition coefficient (Wildman–Crippen LogP) is 1.48. The van der Waals surface area contributed by atoms with Crippen LogP contribution in [0.15, 0.2) is 18.2 Å². The lowest BCUT2D eigenvalue weighted by Gasteiger charge is -2.37. The van der Waals surface area contributed by atoms with Gasteiger partial charge < -0.3 is 26.6 Å². The van der Waals surface area contributed by atoms with Crippen molar-refractivity contribution < 1.29 is 4.48 Å². The molecule has 5 nitrogen and oxygen atoms in total. The maximum Gasteiger partial charge on any atom is 0.0911 e. The van der Waals surface area contributed by atoms with Crippen molar-refractivity contribution in [3.63, 3.8) is 0 Å². The van der Waals surface area contributed by atoms with Crippen molar-refractivity contribution in [1.82, 2.24) is 5.32 Å². The Morgan fingerprint density at radius 1 is 1.05 bits per heavy atom. The second-order valence-electron chi connectivity index (χ2n) is 6.37. The van der Waals surface area contributed by atoms with Crippen LogP contribution in [0.1, 0.15) is 19.3 Å². The molecule has 1 aromatic rings. The minimum atomic E-state index is 0.738. The molecular weight excluding hydrogens is 262 g/mol. The summed E-state index contributed by atoms with van der Waals surface area (Å²) in [6, 6.07) is 5.54. The van der Waals surface area contributed by atoms with Crippen molar-refractivity contribution >= 4 is 17.1 Å². The van der Waals surface area contributed by atoms with Crippen LogP contribution in [0.3, 0.4) is 0 Å². The summed E-state index contributed by atoms with van der Waals surface area (Å²) < 4.78 is 1.22. The monoisotopic (exact) mass is 292 g/mol. The molecule has 0 unspecified atom stereocenters. The Labute approximate surface area is 128 Å². The van der Waals surface area contributed by atoms with Gasteiger partial charge in [0, 0.05) is 25.3 Å². The molecule has 6 N–H and O–H groups in total. The zero-order valence-electron chi connectivity index (χ0n) is 13.2. The molecule has 1 aliphatic heterocycles. The van der Waals surface area contributed by atoms with Crippen LogP contribution >= 0.6 is 0 Å². The van der Waals surface area contributed by atoms with E-state index in [4.69, 9.17) is 11.5 Å². The molecule has 1 heterocycles. The summed E-state index contributed by atoms with van der Waals surface area (Å²) in [7, 11) is 2.38. The van der Waals surface area contributed by atoms with Crippen molar-refractivity contribution in [1.29, 1.82) is 0 Å². The van der Waals surface area contributed by atoms with E-state index < -0.39 is 0 Å². The fourth-order valence-electron chi connectivity index (χ4n) is 2.99. The van der Waals surface area contributed by atoms with Gasteiger partial charge in [0.05, 0.1) is 38.1 Å².